The summed E-state index contributed by atoms with van der Waals surface area (Å²) in [4.78, 5) is 0. The van der Waals surface area contributed by atoms with Crippen LogP contribution in [-0.4, -0.2) is 15.3 Å². The van der Waals surface area contributed by atoms with Crippen molar-refractivity contribution >= 4 is 22.7 Å². The summed E-state index contributed by atoms with van der Waals surface area (Å²) in [6.07, 6.45) is 0. The molecular formula is C18H17N3O3. The number of hydrogen-bond acceptors (Lipinski definition) is 6. The van der Waals surface area contributed by atoms with Crippen LogP contribution in [0.15, 0.2) is 54.6 Å². The SMILES string of the molecule is Nc1ccc(O)c(-c2ccc(Nc3ccc(N)c(O)c3)cc2O)c1. The van der Waals surface area contributed by atoms with Crippen LogP contribution in [-0.2, 0) is 0 Å². The summed E-state index contributed by atoms with van der Waals surface area (Å²) in [6, 6.07) is 14.4. The van der Waals surface area contributed by atoms with E-state index >= 15 is 0 Å². The third-order valence-corrected chi connectivity index (χ3v) is 3.63. The van der Waals surface area contributed by atoms with Gasteiger partial charge in [-0.3, -0.25) is 0 Å². The lowest BCUT2D eigenvalue weighted by Gasteiger charge is -2.12. The molecule has 0 saturated heterocycles. The molecule has 6 nitrogen and oxygen atoms in total. The van der Waals surface area contributed by atoms with Gasteiger partial charge < -0.3 is 32.1 Å². The van der Waals surface area contributed by atoms with E-state index in [-0.39, 0.29) is 22.9 Å². The lowest BCUT2D eigenvalue weighted by molar-refractivity contribution is 0.469. The molecule has 0 aliphatic heterocycles. The minimum Gasteiger partial charge on any atom is -0.507 e. The van der Waals surface area contributed by atoms with Crippen LogP contribution in [0.25, 0.3) is 11.1 Å². The van der Waals surface area contributed by atoms with Crippen molar-refractivity contribution in [3.63, 3.8) is 0 Å². The van der Waals surface area contributed by atoms with Crippen LogP contribution in [0, 0.1) is 0 Å². The fourth-order valence-corrected chi connectivity index (χ4v) is 2.39. The minimum atomic E-state index is -0.0227. The maximum atomic E-state index is 10.3. The molecule has 0 aromatic heterocycles. The van der Waals surface area contributed by atoms with Crippen LogP contribution in [0.1, 0.15) is 0 Å². The van der Waals surface area contributed by atoms with Crippen molar-refractivity contribution in [2.45, 2.75) is 0 Å². The minimum absolute atomic E-state index is 0.0134. The molecule has 0 radical (unpaired) electrons. The van der Waals surface area contributed by atoms with Gasteiger partial charge in [-0.25, -0.2) is 0 Å². The molecule has 0 atom stereocenters. The number of anilines is 4. The number of hydrogen-bond donors (Lipinski definition) is 6. The highest BCUT2D eigenvalue weighted by Crippen LogP contribution is 2.38. The fourth-order valence-electron chi connectivity index (χ4n) is 2.39. The molecule has 3 aromatic carbocycles. The van der Waals surface area contributed by atoms with Crippen molar-refractivity contribution < 1.29 is 15.3 Å². The van der Waals surface area contributed by atoms with E-state index in [0.29, 0.717) is 28.2 Å². The number of nitrogens with two attached hydrogens (primary N) is 2. The van der Waals surface area contributed by atoms with Gasteiger partial charge in [0, 0.05) is 40.3 Å². The van der Waals surface area contributed by atoms with Crippen molar-refractivity contribution in [1.29, 1.82) is 0 Å². The smallest absolute Gasteiger partial charge is 0.140 e. The summed E-state index contributed by atoms with van der Waals surface area (Å²) < 4.78 is 0. The summed E-state index contributed by atoms with van der Waals surface area (Å²) in [5.41, 5.74) is 14.2. The van der Waals surface area contributed by atoms with Crippen LogP contribution < -0.4 is 16.8 Å². The molecule has 0 heterocycles. The normalized spacial score (nSPS) is 10.5. The molecule has 0 fully saturated rings. The van der Waals surface area contributed by atoms with Gasteiger partial charge in [0.15, 0.2) is 0 Å². The summed E-state index contributed by atoms with van der Waals surface area (Å²) >= 11 is 0. The van der Waals surface area contributed by atoms with Gasteiger partial charge in [0.05, 0.1) is 5.69 Å². The predicted octanol–water partition coefficient (Wildman–Crippen LogP) is 3.38. The summed E-state index contributed by atoms with van der Waals surface area (Å²) in [6.45, 7) is 0. The first kappa shape index (κ1) is 15.4. The van der Waals surface area contributed by atoms with E-state index in [9.17, 15) is 15.3 Å². The molecule has 122 valence electrons. The van der Waals surface area contributed by atoms with Crippen LogP contribution >= 0.6 is 0 Å². The molecule has 0 unspecified atom stereocenters. The molecule has 0 bridgehead atoms. The first-order valence-corrected chi connectivity index (χ1v) is 7.21. The Balaban J connectivity index is 1.92. The van der Waals surface area contributed by atoms with E-state index in [0.717, 1.165) is 0 Å². The number of benzene rings is 3. The molecule has 0 amide bonds. The Hall–Kier alpha value is -3.54. The van der Waals surface area contributed by atoms with Crippen molar-refractivity contribution in [3.05, 3.63) is 54.6 Å². The molecular weight excluding hydrogens is 306 g/mol. The van der Waals surface area contributed by atoms with E-state index in [1.165, 1.54) is 18.2 Å². The van der Waals surface area contributed by atoms with Crippen LogP contribution in [0.3, 0.4) is 0 Å². The zero-order chi connectivity index (χ0) is 17.3. The summed E-state index contributed by atoms with van der Waals surface area (Å²) in [5.74, 6) is -0.00485. The van der Waals surface area contributed by atoms with E-state index in [1.807, 2.05) is 0 Å². The van der Waals surface area contributed by atoms with Gasteiger partial charge in [0.1, 0.15) is 17.2 Å². The quantitative estimate of drug-likeness (QED) is 0.249. The first-order valence-electron chi connectivity index (χ1n) is 7.21. The highest BCUT2D eigenvalue weighted by atomic mass is 16.3. The van der Waals surface area contributed by atoms with Gasteiger partial charge in [-0.05, 0) is 42.5 Å². The van der Waals surface area contributed by atoms with Gasteiger partial charge in [-0.2, -0.15) is 0 Å². The Labute approximate surface area is 138 Å². The zero-order valence-corrected chi connectivity index (χ0v) is 12.7. The van der Waals surface area contributed by atoms with E-state index in [1.54, 1.807) is 36.4 Å². The zero-order valence-electron chi connectivity index (χ0n) is 12.7. The van der Waals surface area contributed by atoms with Gasteiger partial charge in [0.2, 0.25) is 0 Å². The molecule has 0 spiro atoms. The third-order valence-electron chi connectivity index (χ3n) is 3.63. The summed E-state index contributed by atoms with van der Waals surface area (Å²) in [5, 5.41) is 32.9. The fraction of sp³-hybridized carbons (Fsp3) is 0. The number of nitrogen functional groups attached to an aromatic ring is 2. The monoisotopic (exact) mass is 323 g/mol. The van der Waals surface area contributed by atoms with Gasteiger partial charge in [-0.15, -0.1) is 0 Å². The van der Waals surface area contributed by atoms with Crippen molar-refractivity contribution in [1.82, 2.24) is 0 Å². The van der Waals surface area contributed by atoms with Crippen molar-refractivity contribution in [2.75, 3.05) is 16.8 Å². The first-order chi connectivity index (χ1) is 11.4. The predicted molar refractivity (Wildman–Crippen MR) is 95.4 cm³/mol. The van der Waals surface area contributed by atoms with Gasteiger partial charge in [0.25, 0.3) is 0 Å². The number of phenolic OH excluding ortho intramolecular Hbond substituents is 3. The molecule has 3 aromatic rings. The Morgan fingerprint density at radius 2 is 1.29 bits per heavy atom. The molecule has 3 rings (SSSR count). The molecule has 0 saturated carbocycles. The Morgan fingerprint density at radius 1 is 0.625 bits per heavy atom. The highest BCUT2D eigenvalue weighted by Gasteiger charge is 2.10. The molecule has 6 heteroatoms. The van der Waals surface area contributed by atoms with E-state index < -0.39 is 0 Å². The molecule has 8 N–H and O–H groups in total. The van der Waals surface area contributed by atoms with E-state index in [4.69, 9.17) is 11.5 Å². The Bertz CT molecular complexity index is 910. The average Bonchev–Trinajstić information content (AvgIpc) is 2.54. The Morgan fingerprint density at radius 3 is 1.96 bits per heavy atom. The van der Waals surface area contributed by atoms with Crippen LogP contribution in [0.4, 0.5) is 22.7 Å². The lowest BCUT2D eigenvalue weighted by atomic mass is 10.0. The van der Waals surface area contributed by atoms with Crippen LogP contribution in [0.2, 0.25) is 0 Å². The molecule has 24 heavy (non-hydrogen) atoms. The number of rotatable bonds is 3. The second kappa shape index (κ2) is 5.92. The molecule has 0 aliphatic carbocycles. The number of nitrogens with one attached hydrogen (secondary N) is 1. The number of aromatic hydroxyl groups is 3. The maximum absolute atomic E-state index is 10.3. The van der Waals surface area contributed by atoms with Gasteiger partial charge >= 0.3 is 0 Å². The number of phenols is 3. The standard InChI is InChI=1S/C18H17N3O3/c19-10-1-6-16(22)14(7-10)13-4-2-11(8-17(13)23)21-12-3-5-15(20)18(24)9-12/h1-9,21-24H,19-20H2. The lowest BCUT2D eigenvalue weighted by Crippen LogP contribution is -1.93. The average molecular weight is 323 g/mol. The topological polar surface area (TPSA) is 125 Å². The highest BCUT2D eigenvalue weighted by molar-refractivity contribution is 5.80. The van der Waals surface area contributed by atoms with Crippen LogP contribution in [0.5, 0.6) is 17.2 Å². The summed E-state index contributed by atoms with van der Waals surface area (Å²) in [7, 11) is 0. The molecule has 0 aliphatic rings. The Kier molecular flexibility index (Phi) is 3.79. The maximum Gasteiger partial charge on any atom is 0.140 e. The van der Waals surface area contributed by atoms with Gasteiger partial charge in [-0.1, -0.05) is 0 Å². The van der Waals surface area contributed by atoms with E-state index in [2.05, 4.69) is 5.32 Å². The van der Waals surface area contributed by atoms with Crippen molar-refractivity contribution in [2.24, 2.45) is 0 Å². The third kappa shape index (κ3) is 2.98. The van der Waals surface area contributed by atoms with Crippen molar-refractivity contribution in [3.8, 4) is 28.4 Å². The second-order valence-corrected chi connectivity index (χ2v) is 5.41. The second-order valence-electron chi connectivity index (χ2n) is 5.41. The largest absolute Gasteiger partial charge is 0.507 e.